The van der Waals surface area contributed by atoms with Gasteiger partial charge >= 0.3 is 5.97 Å². The molecule has 148 valence electrons. The Labute approximate surface area is 164 Å². The van der Waals surface area contributed by atoms with E-state index in [-0.39, 0.29) is 22.8 Å². The van der Waals surface area contributed by atoms with Crippen molar-refractivity contribution in [2.45, 2.75) is 13.5 Å². The molecular weight excluding hydrogens is 380 g/mol. The van der Waals surface area contributed by atoms with Gasteiger partial charge in [-0.2, -0.15) is 5.10 Å². The van der Waals surface area contributed by atoms with Crippen LogP contribution in [0.1, 0.15) is 16.1 Å². The molecule has 0 aliphatic rings. The molecule has 29 heavy (non-hydrogen) atoms. The zero-order chi connectivity index (χ0) is 21.0. The SMILES string of the molecule is Cc1ccc(Oc2cc(NC(=O)c3ccn(CC(=O)O)n3)cc([N+](=O)[O-])c2)cc1. The molecule has 0 saturated carbocycles. The summed E-state index contributed by atoms with van der Waals surface area (Å²) in [5, 5.41) is 26.4. The number of ether oxygens (including phenoxy) is 1. The quantitative estimate of drug-likeness (QED) is 0.462. The number of nitrogens with one attached hydrogen (secondary N) is 1. The zero-order valence-corrected chi connectivity index (χ0v) is 15.2. The van der Waals surface area contributed by atoms with Gasteiger partial charge in [-0.15, -0.1) is 0 Å². The van der Waals surface area contributed by atoms with Crippen LogP contribution in [0.5, 0.6) is 11.5 Å². The lowest BCUT2D eigenvalue weighted by Crippen LogP contribution is -2.15. The molecule has 3 aromatic rings. The fourth-order valence-corrected chi connectivity index (χ4v) is 2.47. The largest absolute Gasteiger partial charge is 0.480 e. The van der Waals surface area contributed by atoms with Crippen molar-refractivity contribution in [2.24, 2.45) is 0 Å². The fraction of sp³-hybridized carbons (Fsp3) is 0.105. The van der Waals surface area contributed by atoms with Gasteiger partial charge in [-0.25, -0.2) is 0 Å². The molecule has 0 fully saturated rings. The Balaban J connectivity index is 1.82. The maximum atomic E-state index is 12.4. The summed E-state index contributed by atoms with van der Waals surface area (Å²) in [5.41, 5.74) is 0.880. The Hall–Kier alpha value is -4.21. The Morgan fingerprint density at radius 3 is 2.55 bits per heavy atom. The van der Waals surface area contributed by atoms with Gasteiger partial charge < -0.3 is 15.2 Å². The van der Waals surface area contributed by atoms with Crippen LogP contribution in [0.25, 0.3) is 0 Å². The normalized spacial score (nSPS) is 10.4. The molecule has 0 radical (unpaired) electrons. The number of amides is 1. The molecular formula is C19H16N4O6. The predicted octanol–water partition coefficient (Wildman–Crippen LogP) is 3.23. The minimum absolute atomic E-state index is 0.0289. The number of aliphatic carboxylic acids is 1. The van der Waals surface area contributed by atoms with Gasteiger partial charge in [-0.05, 0) is 25.1 Å². The van der Waals surface area contributed by atoms with Crippen LogP contribution in [-0.4, -0.2) is 31.7 Å². The first-order chi connectivity index (χ1) is 13.8. The molecule has 0 aliphatic carbocycles. The van der Waals surface area contributed by atoms with E-state index in [1.165, 1.54) is 30.5 Å². The molecule has 0 atom stereocenters. The van der Waals surface area contributed by atoms with Crippen LogP contribution in [0.3, 0.4) is 0 Å². The number of hydrogen-bond acceptors (Lipinski definition) is 6. The molecule has 2 aromatic carbocycles. The van der Waals surface area contributed by atoms with Gasteiger partial charge in [0.2, 0.25) is 0 Å². The van der Waals surface area contributed by atoms with E-state index in [0.717, 1.165) is 10.2 Å². The maximum absolute atomic E-state index is 12.4. The van der Waals surface area contributed by atoms with E-state index in [0.29, 0.717) is 5.75 Å². The highest BCUT2D eigenvalue weighted by Crippen LogP contribution is 2.30. The standard InChI is InChI=1S/C19H16N4O6/c1-12-2-4-15(5-3-12)29-16-9-13(8-14(10-16)23(27)28)20-19(26)17-6-7-22(21-17)11-18(24)25/h2-10H,11H2,1H3,(H,20,26)(H,24,25). The van der Waals surface area contributed by atoms with E-state index in [2.05, 4.69) is 10.4 Å². The Morgan fingerprint density at radius 2 is 1.90 bits per heavy atom. The van der Waals surface area contributed by atoms with Crippen molar-refractivity contribution < 1.29 is 24.4 Å². The summed E-state index contributed by atoms with van der Waals surface area (Å²) in [6.45, 7) is 1.53. The smallest absolute Gasteiger partial charge is 0.325 e. The summed E-state index contributed by atoms with van der Waals surface area (Å²) < 4.78 is 6.75. The monoisotopic (exact) mass is 396 g/mol. The average molecular weight is 396 g/mol. The van der Waals surface area contributed by atoms with Crippen LogP contribution >= 0.6 is 0 Å². The third kappa shape index (κ3) is 5.16. The van der Waals surface area contributed by atoms with Crippen molar-refractivity contribution >= 4 is 23.3 Å². The number of nitro benzene ring substituents is 1. The van der Waals surface area contributed by atoms with Crippen molar-refractivity contribution in [1.82, 2.24) is 9.78 Å². The number of nitrogens with zero attached hydrogens (tertiary/aromatic N) is 3. The van der Waals surface area contributed by atoms with E-state index in [4.69, 9.17) is 9.84 Å². The zero-order valence-electron chi connectivity index (χ0n) is 15.2. The molecule has 1 amide bonds. The molecule has 1 aromatic heterocycles. The highest BCUT2D eigenvalue weighted by Gasteiger charge is 2.16. The second-order valence-electron chi connectivity index (χ2n) is 6.13. The van der Waals surface area contributed by atoms with Crippen LogP contribution < -0.4 is 10.1 Å². The lowest BCUT2D eigenvalue weighted by atomic mass is 10.2. The topological polar surface area (TPSA) is 137 Å². The second-order valence-corrected chi connectivity index (χ2v) is 6.13. The number of aryl methyl sites for hydroxylation is 1. The van der Waals surface area contributed by atoms with E-state index in [9.17, 15) is 19.7 Å². The Bertz CT molecular complexity index is 1070. The number of carbonyl (C=O) groups is 2. The first-order valence-corrected chi connectivity index (χ1v) is 8.41. The van der Waals surface area contributed by atoms with Crippen LogP contribution in [0, 0.1) is 17.0 Å². The third-order valence-corrected chi connectivity index (χ3v) is 3.79. The Morgan fingerprint density at radius 1 is 1.17 bits per heavy atom. The number of non-ortho nitro benzene ring substituents is 1. The number of carboxylic acids is 1. The highest BCUT2D eigenvalue weighted by molar-refractivity contribution is 6.03. The minimum Gasteiger partial charge on any atom is -0.480 e. The van der Waals surface area contributed by atoms with E-state index >= 15 is 0 Å². The van der Waals surface area contributed by atoms with Gasteiger partial charge in [0.15, 0.2) is 5.69 Å². The summed E-state index contributed by atoms with van der Waals surface area (Å²) in [7, 11) is 0. The Kier molecular flexibility index (Phi) is 5.54. The summed E-state index contributed by atoms with van der Waals surface area (Å²) >= 11 is 0. The van der Waals surface area contributed by atoms with Gasteiger partial charge in [0.1, 0.15) is 18.0 Å². The average Bonchev–Trinajstić information content (AvgIpc) is 3.11. The van der Waals surface area contributed by atoms with E-state index in [1.807, 2.05) is 19.1 Å². The summed E-state index contributed by atoms with van der Waals surface area (Å²) in [4.78, 5) is 33.7. The number of hydrogen-bond donors (Lipinski definition) is 2. The lowest BCUT2D eigenvalue weighted by molar-refractivity contribution is -0.384. The molecule has 2 N–H and O–H groups in total. The number of benzene rings is 2. The fourth-order valence-electron chi connectivity index (χ4n) is 2.47. The second kappa shape index (κ2) is 8.21. The first kappa shape index (κ1) is 19.5. The van der Waals surface area contributed by atoms with Crippen LogP contribution in [0.15, 0.2) is 54.7 Å². The maximum Gasteiger partial charge on any atom is 0.325 e. The number of anilines is 1. The van der Waals surface area contributed by atoms with Crippen molar-refractivity contribution in [3.05, 3.63) is 76.1 Å². The van der Waals surface area contributed by atoms with Gasteiger partial charge in [0.25, 0.3) is 11.6 Å². The van der Waals surface area contributed by atoms with Crippen molar-refractivity contribution in [2.75, 3.05) is 5.32 Å². The van der Waals surface area contributed by atoms with Crippen molar-refractivity contribution in [1.29, 1.82) is 0 Å². The van der Waals surface area contributed by atoms with Gasteiger partial charge in [0, 0.05) is 18.3 Å². The molecule has 0 aliphatic heterocycles. The number of carbonyl (C=O) groups excluding carboxylic acids is 1. The van der Waals surface area contributed by atoms with Gasteiger partial charge in [-0.3, -0.25) is 24.4 Å². The van der Waals surface area contributed by atoms with Crippen LogP contribution in [0.2, 0.25) is 0 Å². The van der Waals surface area contributed by atoms with Crippen molar-refractivity contribution in [3.63, 3.8) is 0 Å². The van der Waals surface area contributed by atoms with Crippen LogP contribution in [0.4, 0.5) is 11.4 Å². The molecule has 10 nitrogen and oxygen atoms in total. The summed E-state index contributed by atoms with van der Waals surface area (Å²) in [6, 6.07) is 12.3. The molecule has 0 bridgehead atoms. The molecule has 0 saturated heterocycles. The summed E-state index contributed by atoms with van der Waals surface area (Å²) in [6.07, 6.45) is 1.35. The minimum atomic E-state index is -1.10. The highest BCUT2D eigenvalue weighted by atomic mass is 16.6. The van der Waals surface area contributed by atoms with Gasteiger partial charge in [-0.1, -0.05) is 17.7 Å². The number of aromatic nitrogens is 2. The third-order valence-electron chi connectivity index (χ3n) is 3.79. The predicted molar refractivity (Wildman–Crippen MR) is 102 cm³/mol. The molecule has 3 rings (SSSR count). The number of rotatable bonds is 7. The molecule has 10 heteroatoms. The number of carboxylic acid groups (broad SMARTS) is 1. The molecule has 0 spiro atoms. The first-order valence-electron chi connectivity index (χ1n) is 8.41. The van der Waals surface area contributed by atoms with E-state index < -0.39 is 23.3 Å². The summed E-state index contributed by atoms with van der Waals surface area (Å²) in [5.74, 6) is -1.08. The molecule has 0 unspecified atom stereocenters. The van der Waals surface area contributed by atoms with Gasteiger partial charge in [0.05, 0.1) is 16.7 Å². The van der Waals surface area contributed by atoms with Crippen LogP contribution in [-0.2, 0) is 11.3 Å². The lowest BCUT2D eigenvalue weighted by Gasteiger charge is -2.09. The number of nitro groups is 1. The van der Waals surface area contributed by atoms with Crippen molar-refractivity contribution in [3.8, 4) is 11.5 Å². The molecule has 1 heterocycles. The van der Waals surface area contributed by atoms with E-state index in [1.54, 1.807) is 12.1 Å².